The number of carbonyl (C=O) groups excluding carboxylic acids is 1. The summed E-state index contributed by atoms with van der Waals surface area (Å²) in [6.45, 7) is 15.4. The van der Waals surface area contributed by atoms with Crippen LogP contribution in [0.1, 0.15) is 37.5 Å². The van der Waals surface area contributed by atoms with Crippen molar-refractivity contribution in [3.8, 4) is 11.8 Å². The van der Waals surface area contributed by atoms with E-state index in [-0.39, 0.29) is 24.3 Å². The van der Waals surface area contributed by atoms with Crippen LogP contribution in [0.2, 0.25) is 0 Å². The molecule has 0 radical (unpaired) electrons. The fraction of sp³-hybridized carbons (Fsp3) is 0.257. The maximum atomic E-state index is 14.5. The van der Waals surface area contributed by atoms with Crippen LogP contribution >= 0.6 is 0 Å². The van der Waals surface area contributed by atoms with Gasteiger partial charge >= 0.3 is 5.97 Å². The van der Waals surface area contributed by atoms with Crippen molar-refractivity contribution in [2.24, 2.45) is 10.9 Å². The fourth-order valence-electron chi connectivity index (χ4n) is 3.57. The molecule has 208 valence electrons. The lowest BCUT2D eigenvalue weighted by atomic mass is 9.99. The second-order valence-electron chi connectivity index (χ2n) is 9.57. The summed E-state index contributed by atoms with van der Waals surface area (Å²) in [5.41, 5.74) is 4.67. The topological polar surface area (TPSA) is 41.9 Å². The molecule has 0 bridgehead atoms. The molecule has 0 aromatic heterocycles. The average Bonchev–Trinajstić information content (AvgIpc) is 2.91. The van der Waals surface area contributed by atoms with E-state index in [9.17, 15) is 9.18 Å². The Labute approximate surface area is 239 Å². The predicted octanol–water partition coefficient (Wildman–Crippen LogP) is 7.25. The summed E-state index contributed by atoms with van der Waals surface area (Å²) in [5.74, 6) is 5.03. The first-order valence-corrected chi connectivity index (χ1v) is 13.2. The van der Waals surface area contributed by atoms with Crippen molar-refractivity contribution >= 4 is 11.7 Å². The summed E-state index contributed by atoms with van der Waals surface area (Å²) in [7, 11) is 1.64. The summed E-state index contributed by atoms with van der Waals surface area (Å²) in [6.07, 6.45) is 11.5. The van der Waals surface area contributed by atoms with Crippen LogP contribution in [0.5, 0.6) is 0 Å². The highest BCUT2D eigenvalue weighted by Gasteiger charge is 2.33. The molecule has 0 spiro atoms. The molecular weight excluding hydrogens is 499 g/mol. The lowest BCUT2D eigenvalue weighted by Gasteiger charge is -2.37. The van der Waals surface area contributed by atoms with Gasteiger partial charge in [-0.1, -0.05) is 97.0 Å². The van der Waals surface area contributed by atoms with Gasteiger partial charge in [0.15, 0.2) is 0 Å². The zero-order valence-electron chi connectivity index (χ0n) is 24.0. The zero-order valence-corrected chi connectivity index (χ0v) is 24.0. The minimum absolute atomic E-state index is 0.132. The van der Waals surface area contributed by atoms with Gasteiger partial charge in [-0.05, 0) is 56.0 Å². The van der Waals surface area contributed by atoms with Crippen molar-refractivity contribution in [1.29, 1.82) is 0 Å². The van der Waals surface area contributed by atoms with Crippen LogP contribution in [0.15, 0.2) is 114 Å². The second-order valence-corrected chi connectivity index (χ2v) is 9.57. The van der Waals surface area contributed by atoms with Gasteiger partial charge in [-0.15, -0.1) is 0 Å². The summed E-state index contributed by atoms with van der Waals surface area (Å²) in [4.78, 5) is 18.4. The van der Waals surface area contributed by atoms with Crippen LogP contribution in [-0.4, -0.2) is 36.7 Å². The van der Waals surface area contributed by atoms with Gasteiger partial charge in [0.25, 0.3) is 0 Å². The standard InChI is InChI=1S/C27H27FN2O2.C8H12/c1-20(2)9-13-25(29-3)14-12-23-11-10-22(15-26(23)28)16-30-17-24(18-30)27(31)32-19-21-7-5-4-6-8-21;1-4-5-6-7-8(2)3/h4-11,13,15,24H,1,16-19H2,2-3H3;4-7H,2H2,1,3H3/b13-9-,29-25?;5-4-,7-6-. The third-order valence-electron chi connectivity index (χ3n) is 5.73. The van der Waals surface area contributed by atoms with E-state index >= 15 is 0 Å². The van der Waals surface area contributed by atoms with E-state index in [0.29, 0.717) is 30.9 Å². The predicted molar refractivity (Wildman–Crippen MR) is 164 cm³/mol. The van der Waals surface area contributed by atoms with Crippen molar-refractivity contribution in [2.75, 3.05) is 20.1 Å². The van der Waals surface area contributed by atoms with Gasteiger partial charge in [0.2, 0.25) is 0 Å². The van der Waals surface area contributed by atoms with E-state index < -0.39 is 0 Å². The van der Waals surface area contributed by atoms with Crippen molar-refractivity contribution < 1.29 is 13.9 Å². The SMILES string of the molecule is C=C(C)/C=C\C(C#Cc1ccc(CN2CC(C(=O)OCc3ccccc3)C2)cc1F)=NC.C=C(C)/C=C\C=C/C. The largest absolute Gasteiger partial charge is 0.461 e. The van der Waals surface area contributed by atoms with E-state index in [1.807, 2.05) is 87.5 Å². The second kappa shape index (κ2) is 17.3. The Balaban J connectivity index is 0.000000611. The molecule has 0 N–H and O–H groups in total. The summed E-state index contributed by atoms with van der Waals surface area (Å²) in [5, 5.41) is 0. The van der Waals surface area contributed by atoms with Crippen molar-refractivity contribution in [2.45, 2.75) is 33.9 Å². The molecule has 1 saturated heterocycles. The molecule has 4 nitrogen and oxygen atoms in total. The highest BCUT2D eigenvalue weighted by atomic mass is 19.1. The number of carbonyl (C=O) groups is 1. The van der Waals surface area contributed by atoms with Gasteiger partial charge < -0.3 is 4.74 Å². The number of allylic oxidation sites excluding steroid dienone is 8. The van der Waals surface area contributed by atoms with Crippen molar-refractivity contribution in [3.63, 3.8) is 0 Å². The molecule has 0 unspecified atom stereocenters. The van der Waals surface area contributed by atoms with Crippen LogP contribution in [0.3, 0.4) is 0 Å². The van der Waals surface area contributed by atoms with Crippen LogP contribution in [0.4, 0.5) is 4.39 Å². The highest BCUT2D eigenvalue weighted by molar-refractivity contribution is 6.09. The molecule has 5 heteroatoms. The van der Waals surface area contributed by atoms with Crippen LogP contribution < -0.4 is 0 Å². The van der Waals surface area contributed by atoms with E-state index in [0.717, 1.165) is 22.3 Å². The van der Waals surface area contributed by atoms with E-state index in [2.05, 4.69) is 34.9 Å². The highest BCUT2D eigenvalue weighted by Crippen LogP contribution is 2.21. The Kier molecular flexibility index (Phi) is 13.9. The maximum Gasteiger partial charge on any atom is 0.311 e. The Morgan fingerprint density at radius 3 is 2.35 bits per heavy atom. The first-order chi connectivity index (χ1) is 19.2. The number of rotatable bonds is 9. The number of hydrogen-bond donors (Lipinski definition) is 0. The molecule has 1 heterocycles. The molecule has 0 amide bonds. The normalized spacial score (nSPS) is 13.9. The molecule has 0 aliphatic carbocycles. The number of aliphatic imine (C=N–C) groups is 1. The molecule has 2 aromatic carbocycles. The van der Waals surface area contributed by atoms with Gasteiger partial charge in [0.05, 0.1) is 11.5 Å². The number of esters is 1. The van der Waals surface area contributed by atoms with E-state index in [1.54, 1.807) is 19.2 Å². The maximum absolute atomic E-state index is 14.5. The summed E-state index contributed by atoms with van der Waals surface area (Å²) < 4.78 is 19.9. The van der Waals surface area contributed by atoms with Crippen LogP contribution in [-0.2, 0) is 22.7 Å². The molecular formula is C35H39FN2O2. The minimum Gasteiger partial charge on any atom is -0.461 e. The molecule has 40 heavy (non-hydrogen) atoms. The molecule has 0 saturated carbocycles. The Hall–Kier alpha value is -4.27. The van der Waals surface area contributed by atoms with E-state index in [1.165, 1.54) is 6.07 Å². The van der Waals surface area contributed by atoms with Gasteiger partial charge in [0.1, 0.15) is 18.1 Å². The number of ether oxygens (including phenoxy) is 1. The molecule has 1 aliphatic rings. The smallest absolute Gasteiger partial charge is 0.311 e. The lowest BCUT2D eigenvalue weighted by molar-refractivity contribution is -0.156. The molecule has 2 aromatic rings. The van der Waals surface area contributed by atoms with Gasteiger partial charge in [0, 0.05) is 26.7 Å². The minimum atomic E-state index is -0.367. The Morgan fingerprint density at radius 2 is 1.75 bits per heavy atom. The van der Waals surface area contributed by atoms with Gasteiger partial charge in [-0.2, -0.15) is 0 Å². The quantitative estimate of drug-likeness (QED) is 0.146. The molecule has 3 rings (SSSR count). The number of nitrogens with zero attached hydrogens (tertiary/aromatic N) is 2. The number of likely N-dealkylation sites (tertiary alicyclic amines) is 1. The summed E-state index contributed by atoms with van der Waals surface area (Å²) >= 11 is 0. The molecule has 1 aliphatic heterocycles. The zero-order chi connectivity index (χ0) is 29.3. The monoisotopic (exact) mass is 538 g/mol. The molecule has 1 fully saturated rings. The van der Waals surface area contributed by atoms with Crippen LogP contribution in [0.25, 0.3) is 0 Å². The lowest BCUT2D eigenvalue weighted by Crippen LogP contribution is -2.50. The number of benzene rings is 2. The van der Waals surface area contributed by atoms with Crippen molar-refractivity contribution in [3.05, 3.63) is 132 Å². The van der Waals surface area contributed by atoms with Gasteiger partial charge in [-0.3, -0.25) is 14.7 Å². The Bertz CT molecular complexity index is 1330. The third kappa shape index (κ3) is 12.1. The first-order valence-electron chi connectivity index (χ1n) is 13.2. The first kappa shape index (κ1) is 31.9. The number of hydrogen-bond acceptors (Lipinski definition) is 4. The Morgan fingerprint density at radius 1 is 1.05 bits per heavy atom. The molecule has 0 atom stereocenters. The fourth-order valence-corrected chi connectivity index (χ4v) is 3.57. The van der Waals surface area contributed by atoms with E-state index in [4.69, 9.17) is 4.74 Å². The summed E-state index contributed by atoms with van der Waals surface area (Å²) in [6, 6.07) is 14.7. The third-order valence-corrected chi connectivity index (χ3v) is 5.73. The van der Waals surface area contributed by atoms with Crippen molar-refractivity contribution in [1.82, 2.24) is 4.90 Å². The number of halogens is 1. The van der Waals surface area contributed by atoms with Gasteiger partial charge in [-0.25, -0.2) is 4.39 Å². The average molecular weight is 539 g/mol. The van der Waals surface area contributed by atoms with Crippen LogP contribution in [0, 0.1) is 23.6 Å².